The van der Waals surface area contributed by atoms with Gasteiger partial charge in [-0.2, -0.15) is 0 Å². The molecule has 222 valence electrons. The summed E-state index contributed by atoms with van der Waals surface area (Å²) in [4.78, 5) is 0. The third-order valence-electron chi connectivity index (χ3n) is 9.64. The van der Waals surface area contributed by atoms with Crippen molar-refractivity contribution in [2.75, 3.05) is 0 Å². The van der Waals surface area contributed by atoms with Crippen LogP contribution in [0.15, 0.2) is 48.5 Å². The molecule has 0 saturated carbocycles. The van der Waals surface area contributed by atoms with Crippen LogP contribution in [0.3, 0.4) is 0 Å². The van der Waals surface area contributed by atoms with Crippen LogP contribution >= 0.6 is 0 Å². The second kappa shape index (κ2) is 11.1. The predicted molar refractivity (Wildman–Crippen MR) is 172 cm³/mol. The van der Waals surface area contributed by atoms with E-state index < -0.39 is 10.8 Å². The van der Waals surface area contributed by atoms with Crippen LogP contribution in [0.1, 0.15) is 93.5 Å². The van der Waals surface area contributed by atoms with Crippen LogP contribution in [0, 0.1) is 55.4 Å². The van der Waals surface area contributed by atoms with E-state index in [2.05, 4.69) is 62.4 Å². The summed E-state index contributed by atoms with van der Waals surface area (Å²) in [7, 11) is 0. The zero-order valence-corrected chi connectivity index (χ0v) is 26.8. The topological polar surface area (TPSA) is 80.9 Å². The largest absolute Gasteiger partial charge is 0.507 e. The Morgan fingerprint density at radius 2 is 0.500 bits per heavy atom. The lowest BCUT2D eigenvalue weighted by molar-refractivity contribution is 0.407. The molecule has 0 atom stereocenters. The quantitative estimate of drug-likeness (QED) is 0.180. The molecule has 4 N–H and O–H groups in total. The molecule has 0 bridgehead atoms. The highest BCUT2D eigenvalue weighted by Crippen LogP contribution is 2.47. The second-order valence-electron chi connectivity index (χ2n) is 13.0. The molecule has 4 aromatic rings. The van der Waals surface area contributed by atoms with E-state index in [1.54, 1.807) is 0 Å². The summed E-state index contributed by atoms with van der Waals surface area (Å²) in [6, 6.07) is 16.7. The molecule has 0 fully saturated rings. The summed E-state index contributed by atoms with van der Waals surface area (Å²) in [6.45, 7) is 20.0. The predicted octanol–water partition coefficient (Wildman–Crippen LogP) is 9.07. The second-order valence-corrected chi connectivity index (χ2v) is 13.0. The smallest absolute Gasteiger partial charge is 0.121 e. The Labute approximate surface area is 251 Å². The minimum atomic E-state index is -0.449. The van der Waals surface area contributed by atoms with Gasteiger partial charge in [-0.1, -0.05) is 62.4 Å². The summed E-state index contributed by atoms with van der Waals surface area (Å²) >= 11 is 0. The van der Waals surface area contributed by atoms with Crippen molar-refractivity contribution >= 4 is 0 Å². The Morgan fingerprint density at radius 3 is 0.643 bits per heavy atom. The normalized spacial score (nSPS) is 12.1. The Morgan fingerprint density at radius 1 is 0.357 bits per heavy atom. The summed E-state index contributed by atoms with van der Waals surface area (Å²) in [5, 5.41) is 42.5. The first-order chi connectivity index (χ1) is 19.5. The lowest BCUT2D eigenvalue weighted by Gasteiger charge is -2.39. The Hall–Kier alpha value is -3.92. The zero-order valence-electron chi connectivity index (χ0n) is 26.8. The molecule has 4 aromatic carbocycles. The number of rotatable bonds is 7. The molecule has 0 spiro atoms. The van der Waals surface area contributed by atoms with Gasteiger partial charge in [0.15, 0.2) is 0 Å². The lowest BCUT2D eigenvalue weighted by Crippen LogP contribution is -2.31. The van der Waals surface area contributed by atoms with Crippen molar-refractivity contribution in [1.29, 1.82) is 0 Å². The molecular formula is C38H46O4. The number of aryl methyl sites for hydroxylation is 8. The average molecular weight is 567 g/mol. The van der Waals surface area contributed by atoms with Crippen LogP contribution in [0.2, 0.25) is 0 Å². The minimum absolute atomic E-state index is 0.314. The number of hydrogen-bond acceptors (Lipinski definition) is 4. The molecule has 0 aliphatic rings. The molecule has 0 aliphatic heterocycles. The van der Waals surface area contributed by atoms with Crippen LogP contribution < -0.4 is 0 Å². The SMILES string of the molecule is Cc1cc(C(C)(CCC(C)(c2cc(C)c(O)c(C)c2)c2cc(C)c(O)c(C)c2)c2cc(C)c(O)c(C)c2)cc(C)c1O. The molecule has 0 aliphatic carbocycles. The molecule has 0 aromatic heterocycles. The Kier molecular flexibility index (Phi) is 8.17. The van der Waals surface area contributed by atoms with Crippen LogP contribution in [0.25, 0.3) is 0 Å². The van der Waals surface area contributed by atoms with E-state index in [4.69, 9.17) is 0 Å². The highest BCUT2D eigenvalue weighted by molar-refractivity contribution is 5.54. The van der Waals surface area contributed by atoms with Gasteiger partial charge < -0.3 is 20.4 Å². The van der Waals surface area contributed by atoms with Crippen molar-refractivity contribution in [1.82, 2.24) is 0 Å². The Balaban J connectivity index is 1.96. The van der Waals surface area contributed by atoms with Crippen molar-refractivity contribution < 1.29 is 20.4 Å². The number of phenols is 4. The van der Waals surface area contributed by atoms with Crippen molar-refractivity contribution in [2.24, 2.45) is 0 Å². The third kappa shape index (κ3) is 5.35. The van der Waals surface area contributed by atoms with Crippen molar-refractivity contribution in [3.8, 4) is 23.0 Å². The van der Waals surface area contributed by atoms with Gasteiger partial charge in [-0.3, -0.25) is 0 Å². The maximum Gasteiger partial charge on any atom is 0.121 e. The number of benzene rings is 4. The first-order valence-electron chi connectivity index (χ1n) is 14.7. The lowest BCUT2D eigenvalue weighted by atomic mass is 9.65. The van der Waals surface area contributed by atoms with Gasteiger partial charge >= 0.3 is 0 Å². The molecule has 0 amide bonds. The molecule has 0 radical (unpaired) electrons. The molecule has 4 nitrogen and oxygen atoms in total. The highest BCUT2D eigenvalue weighted by atomic mass is 16.3. The summed E-state index contributed by atoms with van der Waals surface area (Å²) < 4.78 is 0. The van der Waals surface area contributed by atoms with Gasteiger partial charge in [0.25, 0.3) is 0 Å². The molecule has 42 heavy (non-hydrogen) atoms. The fourth-order valence-corrected chi connectivity index (χ4v) is 6.51. The van der Waals surface area contributed by atoms with Gasteiger partial charge in [-0.15, -0.1) is 0 Å². The summed E-state index contributed by atoms with van der Waals surface area (Å²) in [5.74, 6) is 1.26. The maximum atomic E-state index is 10.6. The van der Waals surface area contributed by atoms with Crippen LogP contribution in [-0.2, 0) is 10.8 Å². The summed E-state index contributed by atoms with van der Waals surface area (Å²) in [6.07, 6.45) is 1.52. The van der Waals surface area contributed by atoms with Crippen LogP contribution in [-0.4, -0.2) is 20.4 Å². The molecular weight excluding hydrogens is 520 g/mol. The van der Waals surface area contributed by atoms with Crippen LogP contribution in [0.5, 0.6) is 23.0 Å². The van der Waals surface area contributed by atoms with E-state index in [0.717, 1.165) is 79.6 Å². The van der Waals surface area contributed by atoms with Crippen molar-refractivity contribution in [3.05, 3.63) is 115 Å². The van der Waals surface area contributed by atoms with E-state index in [9.17, 15) is 20.4 Å². The minimum Gasteiger partial charge on any atom is -0.507 e. The van der Waals surface area contributed by atoms with E-state index in [1.807, 2.05) is 55.4 Å². The van der Waals surface area contributed by atoms with E-state index in [1.165, 1.54) is 0 Å². The van der Waals surface area contributed by atoms with Gasteiger partial charge in [-0.05, 0) is 135 Å². The zero-order chi connectivity index (χ0) is 31.3. The average Bonchev–Trinajstić information content (AvgIpc) is 2.93. The maximum absolute atomic E-state index is 10.6. The van der Waals surface area contributed by atoms with Gasteiger partial charge in [0.1, 0.15) is 23.0 Å². The van der Waals surface area contributed by atoms with Crippen LogP contribution in [0.4, 0.5) is 0 Å². The van der Waals surface area contributed by atoms with Crippen molar-refractivity contribution in [2.45, 2.75) is 92.9 Å². The van der Waals surface area contributed by atoms with Gasteiger partial charge in [0, 0.05) is 10.8 Å². The number of aromatic hydroxyl groups is 4. The first kappa shape index (κ1) is 31.0. The van der Waals surface area contributed by atoms with Gasteiger partial charge in [-0.25, -0.2) is 0 Å². The first-order valence-corrected chi connectivity index (χ1v) is 14.7. The molecule has 4 rings (SSSR count). The molecule has 4 heteroatoms. The number of hydrogen-bond donors (Lipinski definition) is 4. The molecule has 0 heterocycles. The summed E-state index contributed by atoms with van der Waals surface area (Å²) in [5.41, 5.74) is 10.2. The highest BCUT2D eigenvalue weighted by Gasteiger charge is 2.37. The van der Waals surface area contributed by atoms with E-state index in [0.29, 0.717) is 23.0 Å². The van der Waals surface area contributed by atoms with Crippen molar-refractivity contribution in [3.63, 3.8) is 0 Å². The number of phenolic OH excluding ortho intramolecular Hbond substituents is 4. The van der Waals surface area contributed by atoms with Gasteiger partial charge in [0.05, 0.1) is 0 Å². The monoisotopic (exact) mass is 566 g/mol. The molecule has 0 unspecified atom stereocenters. The standard InChI is InChI=1S/C38H46O4/c1-21-13-29(14-22(2)33(21)39)37(9,30-15-23(3)34(40)24(4)16-30)11-12-38(10,31-17-25(5)35(41)26(6)18-31)32-19-27(7)36(42)28(8)20-32/h13-20,39-42H,11-12H2,1-10H3. The van der Waals surface area contributed by atoms with Gasteiger partial charge in [0.2, 0.25) is 0 Å². The van der Waals surface area contributed by atoms with E-state index >= 15 is 0 Å². The molecule has 0 saturated heterocycles. The van der Waals surface area contributed by atoms with E-state index in [-0.39, 0.29) is 0 Å². The fraction of sp³-hybridized carbons (Fsp3) is 0.368. The third-order valence-corrected chi connectivity index (χ3v) is 9.64. The fourth-order valence-electron chi connectivity index (χ4n) is 6.51. The Bertz CT molecular complexity index is 1340.